The van der Waals surface area contributed by atoms with Crippen molar-refractivity contribution in [2.45, 2.75) is 44.8 Å². The Morgan fingerprint density at radius 3 is 2.71 bits per heavy atom. The smallest absolute Gasteiger partial charge is 0.317 e. The molecule has 2 amide bonds. The molecule has 0 aliphatic carbocycles. The highest BCUT2D eigenvalue weighted by atomic mass is 32.1. The number of carbonyl (C=O) groups excluding carboxylic acids is 1. The van der Waals surface area contributed by atoms with Crippen molar-refractivity contribution in [3.05, 3.63) is 22.4 Å². The van der Waals surface area contributed by atoms with Gasteiger partial charge in [0.2, 0.25) is 0 Å². The molecule has 2 aliphatic rings. The van der Waals surface area contributed by atoms with Gasteiger partial charge in [-0.1, -0.05) is 6.07 Å². The zero-order chi connectivity index (χ0) is 16.8. The molecule has 6 heteroatoms. The van der Waals surface area contributed by atoms with Crippen LogP contribution in [0.15, 0.2) is 17.5 Å². The van der Waals surface area contributed by atoms with Crippen molar-refractivity contribution in [2.75, 3.05) is 39.3 Å². The summed E-state index contributed by atoms with van der Waals surface area (Å²) in [6.45, 7) is 7.35. The van der Waals surface area contributed by atoms with Crippen molar-refractivity contribution < 1.29 is 9.53 Å². The van der Waals surface area contributed by atoms with Gasteiger partial charge in [-0.25, -0.2) is 4.79 Å². The molecule has 2 aliphatic heterocycles. The van der Waals surface area contributed by atoms with Gasteiger partial charge in [-0.15, -0.1) is 11.3 Å². The number of amides is 2. The summed E-state index contributed by atoms with van der Waals surface area (Å²) in [7, 11) is 0. The largest absolute Gasteiger partial charge is 0.378 e. The van der Waals surface area contributed by atoms with Crippen LogP contribution in [0, 0.1) is 0 Å². The highest BCUT2D eigenvalue weighted by Crippen LogP contribution is 2.28. The first-order chi connectivity index (χ1) is 11.8. The monoisotopic (exact) mass is 351 g/mol. The third-order valence-corrected chi connectivity index (χ3v) is 6.00. The zero-order valence-corrected chi connectivity index (χ0v) is 15.4. The highest BCUT2D eigenvalue weighted by molar-refractivity contribution is 7.10. The maximum absolute atomic E-state index is 12.5. The molecule has 1 unspecified atom stereocenters. The Labute approximate surface area is 149 Å². The Kier molecular flexibility index (Phi) is 6.51. The molecule has 2 saturated heterocycles. The molecule has 0 saturated carbocycles. The van der Waals surface area contributed by atoms with E-state index in [1.54, 1.807) is 11.3 Å². The Morgan fingerprint density at radius 1 is 1.33 bits per heavy atom. The van der Waals surface area contributed by atoms with Gasteiger partial charge in [-0.2, -0.15) is 0 Å². The van der Waals surface area contributed by atoms with E-state index in [4.69, 9.17) is 4.74 Å². The Bertz CT molecular complexity index is 494. The normalized spacial score (nSPS) is 21.1. The lowest BCUT2D eigenvalue weighted by Gasteiger charge is -2.33. The molecule has 0 spiro atoms. The van der Waals surface area contributed by atoms with Crippen LogP contribution < -0.4 is 5.32 Å². The summed E-state index contributed by atoms with van der Waals surface area (Å²) in [5.74, 6) is 0. The molecule has 1 atom stereocenters. The van der Waals surface area contributed by atoms with Gasteiger partial charge in [0, 0.05) is 31.1 Å². The molecule has 1 N–H and O–H groups in total. The third-order valence-electron chi connectivity index (χ3n) is 5.03. The van der Waals surface area contributed by atoms with Gasteiger partial charge in [0.1, 0.15) is 0 Å². The number of urea groups is 1. The number of hydrogen-bond donors (Lipinski definition) is 1. The minimum atomic E-state index is 0.0747. The fraction of sp³-hybridized carbons (Fsp3) is 0.722. The molecule has 24 heavy (non-hydrogen) atoms. The van der Waals surface area contributed by atoms with Gasteiger partial charge in [0.15, 0.2) is 0 Å². The number of nitrogens with zero attached hydrogens (tertiary/aromatic N) is 2. The third kappa shape index (κ3) is 4.49. The zero-order valence-electron chi connectivity index (χ0n) is 14.6. The van der Waals surface area contributed by atoms with Gasteiger partial charge in [0.05, 0.1) is 12.1 Å². The molecule has 3 heterocycles. The van der Waals surface area contributed by atoms with Crippen LogP contribution in [0.1, 0.15) is 43.5 Å². The number of rotatable bonds is 6. The lowest BCUT2D eigenvalue weighted by atomic mass is 10.1. The van der Waals surface area contributed by atoms with E-state index in [0.717, 1.165) is 45.6 Å². The first-order valence-electron chi connectivity index (χ1n) is 9.19. The second-order valence-electron chi connectivity index (χ2n) is 6.60. The van der Waals surface area contributed by atoms with E-state index >= 15 is 0 Å². The van der Waals surface area contributed by atoms with E-state index in [-0.39, 0.29) is 6.03 Å². The fourth-order valence-electron chi connectivity index (χ4n) is 3.70. The maximum atomic E-state index is 12.5. The first kappa shape index (κ1) is 17.7. The van der Waals surface area contributed by atoms with Crippen molar-refractivity contribution in [3.63, 3.8) is 0 Å². The molecule has 1 aromatic rings. The number of piperidine rings is 1. The highest BCUT2D eigenvalue weighted by Gasteiger charge is 2.27. The molecule has 134 valence electrons. The molecule has 3 rings (SSSR count). The van der Waals surface area contributed by atoms with Crippen LogP contribution in [0.25, 0.3) is 0 Å². The second-order valence-corrected chi connectivity index (χ2v) is 7.58. The average molecular weight is 352 g/mol. The van der Waals surface area contributed by atoms with Gasteiger partial charge in [-0.05, 0) is 57.1 Å². The van der Waals surface area contributed by atoms with Crippen LogP contribution in [-0.4, -0.2) is 61.3 Å². The molecule has 0 bridgehead atoms. The van der Waals surface area contributed by atoms with Gasteiger partial charge >= 0.3 is 6.03 Å². The summed E-state index contributed by atoms with van der Waals surface area (Å²) in [5.41, 5.74) is 0. The van der Waals surface area contributed by atoms with Gasteiger partial charge in [-0.3, -0.25) is 4.90 Å². The summed E-state index contributed by atoms with van der Waals surface area (Å²) in [6.07, 6.45) is 4.74. The molecule has 0 radical (unpaired) electrons. The van der Waals surface area contributed by atoms with Crippen molar-refractivity contribution >= 4 is 17.4 Å². The predicted molar refractivity (Wildman–Crippen MR) is 97.5 cm³/mol. The molecule has 0 aromatic carbocycles. The molecule has 2 fully saturated rings. The van der Waals surface area contributed by atoms with Crippen molar-refractivity contribution in [2.24, 2.45) is 0 Å². The average Bonchev–Trinajstić information content (AvgIpc) is 3.30. The van der Waals surface area contributed by atoms with Crippen LogP contribution in [0.2, 0.25) is 0 Å². The van der Waals surface area contributed by atoms with Crippen LogP contribution in [0.3, 0.4) is 0 Å². The maximum Gasteiger partial charge on any atom is 0.317 e. The van der Waals surface area contributed by atoms with Crippen molar-refractivity contribution in [1.29, 1.82) is 0 Å². The standard InChI is InChI=1S/C18H29N3O2S/c1-2-23-15-7-11-21(12-8-15)18(22)19-14-16(17-6-5-13-24-17)20-9-3-4-10-20/h5-6,13,15-16H,2-4,7-12,14H2,1H3,(H,19,22). The lowest BCUT2D eigenvalue weighted by molar-refractivity contribution is 0.0219. The number of thiophene rings is 1. The van der Waals surface area contributed by atoms with Crippen LogP contribution in [0.5, 0.6) is 0 Å². The minimum absolute atomic E-state index is 0.0747. The van der Waals surface area contributed by atoms with E-state index < -0.39 is 0 Å². The van der Waals surface area contributed by atoms with E-state index in [1.165, 1.54) is 17.7 Å². The molecule has 5 nitrogen and oxygen atoms in total. The van der Waals surface area contributed by atoms with Gasteiger partial charge in [0.25, 0.3) is 0 Å². The number of ether oxygens (including phenoxy) is 1. The van der Waals surface area contributed by atoms with E-state index in [9.17, 15) is 4.79 Å². The second kappa shape index (κ2) is 8.83. The fourth-order valence-corrected chi connectivity index (χ4v) is 4.56. The first-order valence-corrected chi connectivity index (χ1v) is 10.1. The summed E-state index contributed by atoms with van der Waals surface area (Å²) >= 11 is 1.79. The minimum Gasteiger partial charge on any atom is -0.378 e. The Hall–Kier alpha value is -1.11. The quantitative estimate of drug-likeness (QED) is 0.856. The van der Waals surface area contributed by atoms with E-state index in [1.807, 2.05) is 11.8 Å². The predicted octanol–water partition coefficient (Wildman–Crippen LogP) is 3.10. The van der Waals surface area contributed by atoms with Crippen LogP contribution in [-0.2, 0) is 4.74 Å². The summed E-state index contributed by atoms with van der Waals surface area (Å²) in [6, 6.07) is 4.68. The number of carbonyl (C=O) groups is 1. The SMILES string of the molecule is CCOC1CCN(C(=O)NCC(c2cccs2)N2CCCC2)CC1. The Morgan fingerprint density at radius 2 is 2.08 bits per heavy atom. The van der Waals surface area contributed by atoms with Crippen LogP contribution in [0.4, 0.5) is 4.79 Å². The molecule has 1 aromatic heterocycles. The van der Waals surface area contributed by atoms with E-state index in [2.05, 4.69) is 27.7 Å². The summed E-state index contributed by atoms with van der Waals surface area (Å²) < 4.78 is 5.66. The van der Waals surface area contributed by atoms with Crippen molar-refractivity contribution in [3.8, 4) is 0 Å². The number of likely N-dealkylation sites (tertiary alicyclic amines) is 2. The lowest BCUT2D eigenvalue weighted by Crippen LogP contribution is -2.47. The summed E-state index contributed by atoms with van der Waals surface area (Å²) in [4.78, 5) is 18.3. The van der Waals surface area contributed by atoms with Crippen LogP contribution >= 0.6 is 11.3 Å². The number of nitrogens with one attached hydrogen (secondary N) is 1. The van der Waals surface area contributed by atoms with Crippen molar-refractivity contribution in [1.82, 2.24) is 15.1 Å². The van der Waals surface area contributed by atoms with Gasteiger partial charge < -0.3 is 15.0 Å². The topological polar surface area (TPSA) is 44.8 Å². The number of hydrogen-bond acceptors (Lipinski definition) is 4. The Balaban J connectivity index is 1.50. The molecular formula is C18H29N3O2S. The van der Waals surface area contributed by atoms with E-state index in [0.29, 0.717) is 18.7 Å². The summed E-state index contributed by atoms with van der Waals surface area (Å²) in [5, 5.41) is 5.30. The molecular weight excluding hydrogens is 322 g/mol.